The number of ketones is 1. The second-order valence-electron chi connectivity index (χ2n) is 2.75. The van der Waals surface area contributed by atoms with Gasteiger partial charge in [-0.1, -0.05) is 19.1 Å². The van der Waals surface area contributed by atoms with Crippen molar-refractivity contribution in [2.45, 2.75) is 6.92 Å². The molecule has 1 rings (SSSR count). The lowest BCUT2D eigenvalue weighted by Crippen LogP contribution is -2.02. The number of carbonyl (C=O) groups is 1. The van der Waals surface area contributed by atoms with Gasteiger partial charge in [-0.3, -0.25) is 4.79 Å². The molecule has 14 heavy (non-hydrogen) atoms. The molecule has 0 saturated heterocycles. The third-order valence-electron chi connectivity index (χ3n) is 1.77. The van der Waals surface area contributed by atoms with Gasteiger partial charge < -0.3 is 0 Å². The van der Waals surface area contributed by atoms with Crippen LogP contribution in [0.2, 0.25) is 0 Å². The highest BCUT2D eigenvalue weighted by Gasteiger charge is 2.04. The fraction of sp³-hybridized carbons (Fsp3) is 0.273. The van der Waals surface area contributed by atoms with Gasteiger partial charge in [-0.05, 0) is 17.9 Å². The molecule has 0 aliphatic carbocycles. The van der Waals surface area contributed by atoms with E-state index in [0.29, 0.717) is 16.9 Å². The first kappa shape index (κ1) is 10.8. The zero-order valence-electron chi connectivity index (χ0n) is 7.99. The standard InChI is InChI=1S/C11H11NOS/c1-2-14-8-11(13)10-5-3-9(7-12)4-6-10/h3-6H,2,8H2,1H3. The predicted molar refractivity (Wildman–Crippen MR) is 58.5 cm³/mol. The Bertz CT molecular complexity index is 351. The smallest absolute Gasteiger partial charge is 0.172 e. The van der Waals surface area contributed by atoms with Crippen LogP contribution in [0.3, 0.4) is 0 Å². The molecule has 0 atom stereocenters. The molecule has 0 heterocycles. The van der Waals surface area contributed by atoms with Crippen molar-refractivity contribution >= 4 is 17.5 Å². The van der Waals surface area contributed by atoms with Crippen molar-refractivity contribution in [1.29, 1.82) is 5.26 Å². The van der Waals surface area contributed by atoms with Crippen LogP contribution >= 0.6 is 11.8 Å². The highest BCUT2D eigenvalue weighted by Crippen LogP contribution is 2.08. The van der Waals surface area contributed by atoms with Gasteiger partial charge in [0.15, 0.2) is 5.78 Å². The van der Waals surface area contributed by atoms with E-state index in [9.17, 15) is 4.79 Å². The Hall–Kier alpha value is -1.27. The number of Topliss-reactive ketones (excluding diaryl/α,β-unsaturated/α-hetero) is 1. The minimum Gasteiger partial charge on any atom is -0.293 e. The van der Waals surface area contributed by atoms with Crippen molar-refractivity contribution in [2.24, 2.45) is 0 Å². The zero-order valence-corrected chi connectivity index (χ0v) is 8.80. The molecule has 0 bridgehead atoms. The second kappa shape index (κ2) is 5.46. The summed E-state index contributed by atoms with van der Waals surface area (Å²) in [5.41, 5.74) is 1.27. The van der Waals surface area contributed by atoms with Crippen LogP contribution in [-0.4, -0.2) is 17.3 Å². The van der Waals surface area contributed by atoms with Gasteiger partial charge in [0.2, 0.25) is 0 Å². The van der Waals surface area contributed by atoms with Crippen LogP contribution in [0.15, 0.2) is 24.3 Å². The minimum absolute atomic E-state index is 0.126. The Balaban J connectivity index is 2.68. The molecule has 72 valence electrons. The number of rotatable bonds is 4. The van der Waals surface area contributed by atoms with Crippen LogP contribution < -0.4 is 0 Å². The molecule has 0 N–H and O–H groups in total. The van der Waals surface area contributed by atoms with E-state index in [1.807, 2.05) is 13.0 Å². The summed E-state index contributed by atoms with van der Waals surface area (Å²) in [6.07, 6.45) is 0. The fourth-order valence-electron chi connectivity index (χ4n) is 1.01. The number of benzene rings is 1. The molecule has 0 unspecified atom stereocenters. The summed E-state index contributed by atoms with van der Waals surface area (Å²) in [5, 5.41) is 8.57. The van der Waals surface area contributed by atoms with E-state index in [0.717, 1.165) is 5.75 Å². The molecule has 0 aliphatic rings. The van der Waals surface area contributed by atoms with Crippen LogP contribution in [0.1, 0.15) is 22.8 Å². The topological polar surface area (TPSA) is 40.9 Å². The van der Waals surface area contributed by atoms with E-state index in [-0.39, 0.29) is 5.78 Å². The maximum absolute atomic E-state index is 11.5. The fourth-order valence-corrected chi connectivity index (χ4v) is 1.56. The number of nitrogens with zero attached hydrogens (tertiary/aromatic N) is 1. The van der Waals surface area contributed by atoms with Gasteiger partial charge in [0.05, 0.1) is 17.4 Å². The van der Waals surface area contributed by atoms with E-state index < -0.39 is 0 Å². The Morgan fingerprint density at radius 2 is 2.07 bits per heavy atom. The number of nitriles is 1. The second-order valence-corrected chi connectivity index (χ2v) is 4.02. The van der Waals surface area contributed by atoms with Gasteiger partial charge in [-0.15, -0.1) is 0 Å². The lowest BCUT2D eigenvalue weighted by atomic mass is 10.1. The van der Waals surface area contributed by atoms with Crippen LogP contribution in [0, 0.1) is 11.3 Å². The van der Waals surface area contributed by atoms with Gasteiger partial charge >= 0.3 is 0 Å². The average Bonchev–Trinajstić information content (AvgIpc) is 2.26. The van der Waals surface area contributed by atoms with E-state index >= 15 is 0 Å². The molecule has 0 fully saturated rings. The summed E-state index contributed by atoms with van der Waals surface area (Å²) in [6, 6.07) is 8.77. The Morgan fingerprint density at radius 1 is 1.43 bits per heavy atom. The van der Waals surface area contributed by atoms with Crippen molar-refractivity contribution in [3.8, 4) is 6.07 Å². The van der Waals surface area contributed by atoms with E-state index in [2.05, 4.69) is 0 Å². The monoisotopic (exact) mass is 205 g/mol. The lowest BCUT2D eigenvalue weighted by Gasteiger charge is -1.99. The van der Waals surface area contributed by atoms with Crippen LogP contribution in [-0.2, 0) is 0 Å². The van der Waals surface area contributed by atoms with Gasteiger partial charge in [0.25, 0.3) is 0 Å². The molecule has 1 aromatic carbocycles. The van der Waals surface area contributed by atoms with Crippen LogP contribution in [0.25, 0.3) is 0 Å². The number of carbonyl (C=O) groups excluding carboxylic acids is 1. The van der Waals surface area contributed by atoms with Gasteiger partial charge in [-0.2, -0.15) is 17.0 Å². The first-order valence-corrected chi connectivity index (χ1v) is 5.54. The number of hydrogen-bond acceptors (Lipinski definition) is 3. The third kappa shape index (κ3) is 2.90. The van der Waals surface area contributed by atoms with Crippen LogP contribution in [0.5, 0.6) is 0 Å². The highest BCUT2D eigenvalue weighted by atomic mass is 32.2. The predicted octanol–water partition coefficient (Wildman–Crippen LogP) is 2.49. The van der Waals surface area contributed by atoms with Crippen molar-refractivity contribution < 1.29 is 4.79 Å². The summed E-state index contributed by atoms with van der Waals surface area (Å²) in [7, 11) is 0. The molecule has 1 aromatic rings. The molecule has 0 aliphatic heterocycles. The van der Waals surface area contributed by atoms with Crippen molar-refractivity contribution in [3.63, 3.8) is 0 Å². The van der Waals surface area contributed by atoms with Crippen LogP contribution in [0.4, 0.5) is 0 Å². The molecule has 0 spiro atoms. The average molecular weight is 205 g/mol. The number of thioether (sulfide) groups is 1. The first-order chi connectivity index (χ1) is 6.77. The summed E-state index contributed by atoms with van der Waals surface area (Å²) in [6.45, 7) is 2.02. The quantitative estimate of drug-likeness (QED) is 0.709. The lowest BCUT2D eigenvalue weighted by molar-refractivity contribution is 0.102. The normalized spacial score (nSPS) is 9.43. The maximum Gasteiger partial charge on any atom is 0.172 e. The summed E-state index contributed by atoms with van der Waals surface area (Å²) in [4.78, 5) is 11.5. The first-order valence-electron chi connectivity index (χ1n) is 4.39. The Kier molecular flexibility index (Phi) is 4.21. The largest absolute Gasteiger partial charge is 0.293 e. The molecule has 0 saturated carbocycles. The molecular formula is C11H11NOS. The molecule has 0 aromatic heterocycles. The molecule has 0 radical (unpaired) electrons. The number of hydrogen-bond donors (Lipinski definition) is 0. The molecule has 3 heteroatoms. The Labute approximate surface area is 87.9 Å². The van der Waals surface area contributed by atoms with Crippen molar-refractivity contribution in [3.05, 3.63) is 35.4 Å². The third-order valence-corrected chi connectivity index (χ3v) is 2.65. The SMILES string of the molecule is CCSCC(=O)c1ccc(C#N)cc1. The van der Waals surface area contributed by atoms with Gasteiger partial charge in [0.1, 0.15) is 0 Å². The summed E-state index contributed by atoms with van der Waals surface area (Å²) < 4.78 is 0. The minimum atomic E-state index is 0.126. The van der Waals surface area contributed by atoms with Crippen molar-refractivity contribution in [1.82, 2.24) is 0 Å². The maximum atomic E-state index is 11.5. The summed E-state index contributed by atoms with van der Waals surface area (Å²) >= 11 is 1.61. The molecular weight excluding hydrogens is 194 g/mol. The van der Waals surface area contributed by atoms with Crippen molar-refractivity contribution in [2.75, 3.05) is 11.5 Å². The zero-order chi connectivity index (χ0) is 10.4. The molecule has 0 amide bonds. The van der Waals surface area contributed by atoms with E-state index in [4.69, 9.17) is 5.26 Å². The van der Waals surface area contributed by atoms with E-state index in [1.54, 1.807) is 36.0 Å². The van der Waals surface area contributed by atoms with E-state index in [1.165, 1.54) is 0 Å². The Morgan fingerprint density at radius 3 is 2.57 bits per heavy atom. The summed E-state index contributed by atoms with van der Waals surface area (Å²) in [5.74, 6) is 1.59. The highest BCUT2D eigenvalue weighted by molar-refractivity contribution is 7.99. The molecule has 2 nitrogen and oxygen atoms in total. The van der Waals surface area contributed by atoms with Gasteiger partial charge in [-0.25, -0.2) is 0 Å². The van der Waals surface area contributed by atoms with Gasteiger partial charge in [0, 0.05) is 5.56 Å².